The summed E-state index contributed by atoms with van der Waals surface area (Å²) in [5, 5.41) is 3.07. The lowest BCUT2D eigenvalue weighted by Crippen LogP contribution is -2.52. The summed E-state index contributed by atoms with van der Waals surface area (Å²) < 4.78 is 11.3. The highest BCUT2D eigenvalue weighted by molar-refractivity contribution is 5.75. The lowest BCUT2D eigenvalue weighted by molar-refractivity contribution is 0.0684. The molecule has 2 saturated heterocycles. The molecule has 2 amide bonds. The molecule has 1 aromatic carbocycles. The van der Waals surface area contributed by atoms with Gasteiger partial charge in [0.25, 0.3) is 0 Å². The lowest BCUT2D eigenvalue weighted by Gasteiger charge is -2.38. The van der Waals surface area contributed by atoms with Crippen LogP contribution < -0.4 is 14.8 Å². The Bertz CT molecular complexity index is 752. The zero-order chi connectivity index (χ0) is 18.6. The molecule has 2 atom stereocenters. The van der Waals surface area contributed by atoms with Crippen molar-refractivity contribution >= 4 is 6.03 Å². The molecule has 2 aliphatic rings. The average Bonchev–Trinajstić information content (AvgIpc) is 2.98. The van der Waals surface area contributed by atoms with E-state index in [-0.39, 0.29) is 24.2 Å². The van der Waals surface area contributed by atoms with Gasteiger partial charge < -0.3 is 19.7 Å². The number of nitrogens with one attached hydrogen (secondary N) is 1. The Hall–Kier alpha value is -2.76. The summed E-state index contributed by atoms with van der Waals surface area (Å²) in [6, 6.07) is 12.1. The van der Waals surface area contributed by atoms with E-state index in [0.717, 1.165) is 42.7 Å². The monoisotopic (exact) mass is 367 g/mol. The first-order valence-electron chi connectivity index (χ1n) is 9.48. The van der Waals surface area contributed by atoms with Gasteiger partial charge >= 0.3 is 6.03 Å². The maximum absolute atomic E-state index is 12.8. The average molecular weight is 367 g/mol. The number of nitrogens with zero attached hydrogens (tertiary/aromatic N) is 2. The number of piperidine rings is 1. The van der Waals surface area contributed by atoms with E-state index in [1.54, 1.807) is 19.5 Å². The number of pyridine rings is 1. The van der Waals surface area contributed by atoms with Crippen LogP contribution in [-0.2, 0) is 6.54 Å². The number of aromatic nitrogens is 1. The zero-order valence-electron chi connectivity index (χ0n) is 15.5. The van der Waals surface area contributed by atoms with Crippen LogP contribution in [0.15, 0.2) is 48.8 Å². The summed E-state index contributed by atoms with van der Waals surface area (Å²) in [4.78, 5) is 18.9. The largest absolute Gasteiger partial charge is 0.497 e. The molecule has 2 aliphatic heterocycles. The number of ether oxygens (including phenoxy) is 2. The maximum atomic E-state index is 12.8. The van der Waals surface area contributed by atoms with E-state index >= 15 is 0 Å². The fourth-order valence-electron chi connectivity index (χ4n) is 4.18. The van der Waals surface area contributed by atoms with Gasteiger partial charge in [0, 0.05) is 37.7 Å². The van der Waals surface area contributed by atoms with E-state index in [1.807, 2.05) is 41.3 Å². The minimum absolute atomic E-state index is 0.0261. The molecule has 2 bridgehead atoms. The molecule has 0 aliphatic carbocycles. The van der Waals surface area contributed by atoms with Crippen molar-refractivity contribution in [3.63, 3.8) is 0 Å². The first-order chi connectivity index (χ1) is 13.2. The smallest absolute Gasteiger partial charge is 0.318 e. The molecular weight excluding hydrogens is 342 g/mol. The lowest BCUT2D eigenvalue weighted by atomic mass is 10.00. The first kappa shape index (κ1) is 17.6. The quantitative estimate of drug-likeness (QED) is 0.880. The van der Waals surface area contributed by atoms with Crippen LogP contribution in [0.3, 0.4) is 0 Å². The van der Waals surface area contributed by atoms with Crippen molar-refractivity contribution in [3.05, 3.63) is 54.4 Å². The number of amides is 2. The Balaban J connectivity index is 1.32. The van der Waals surface area contributed by atoms with Gasteiger partial charge in [-0.1, -0.05) is 12.1 Å². The molecule has 0 spiro atoms. The predicted octanol–water partition coefficient (Wildman–Crippen LogP) is 3.37. The van der Waals surface area contributed by atoms with Crippen molar-refractivity contribution < 1.29 is 14.3 Å². The van der Waals surface area contributed by atoms with Crippen LogP contribution in [0, 0.1) is 0 Å². The number of hydrogen-bond donors (Lipinski definition) is 1. The molecule has 2 fully saturated rings. The van der Waals surface area contributed by atoms with Crippen molar-refractivity contribution in [2.45, 2.75) is 50.4 Å². The van der Waals surface area contributed by atoms with E-state index in [0.29, 0.717) is 6.54 Å². The first-order valence-corrected chi connectivity index (χ1v) is 9.48. The van der Waals surface area contributed by atoms with Crippen molar-refractivity contribution in [1.82, 2.24) is 15.2 Å². The van der Waals surface area contributed by atoms with Crippen molar-refractivity contribution in [2.24, 2.45) is 0 Å². The van der Waals surface area contributed by atoms with Gasteiger partial charge in [-0.2, -0.15) is 0 Å². The van der Waals surface area contributed by atoms with Gasteiger partial charge in [-0.15, -0.1) is 0 Å². The molecule has 6 heteroatoms. The topological polar surface area (TPSA) is 63.7 Å². The summed E-state index contributed by atoms with van der Waals surface area (Å²) in [6.45, 7) is 0.522. The number of benzene rings is 1. The summed E-state index contributed by atoms with van der Waals surface area (Å²) in [7, 11) is 1.65. The number of fused-ring (bicyclic) bond motifs is 2. The SMILES string of the molecule is COc1ccc(CNC(=O)N2C3CCC2CC(Oc2cccnc2)C3)cc1. The minimum Gasteiger partial charge on any atom is -0.497 e. The van der Waals surface area contributed by atoms with E-state index < -0.39 is 0 Å². The molecule has 2 aromatic rings. The van der Waals surface area contributed by atoms with Gasteiger partial charge in [0.05, 0.1) is 13.3 Å². The second-order valence-electron chi connectivity index (χ2n) is 7.20. The van der Waals surface area contributed by atoms with Gasteiger partial charge in [0.1, 0.15) is 17.6 Å². The van der Waals surface area contributed by atoms with Gasteiger partial charge in [-0.25, -0.2) is 4.79 Å². The van der Waals surface area contributed by atoms with Crippen molar-refractivity contribution in [1.29, 1.82) is 0 Å². The summed E-state index contributed by atoms with van der Waals surface area (Å²) >= 11 is 0. The Morgan fingerprint density at radius 3 is 2.52 bits per heavy atom. The normalized spacial score (nSPS) is 23.7. The Kier molecular flexibility index (Phi) is 5.14. The van der Waals surface area contributed by atoms with Crippen LogP contribution in [0.25, 0.3) is 0 Å². The maximum Gasteiger partial charge on any atom is 0.318 e. The standard InChI is InChI=1S/C21H25N3O3/c1-26-18-8-4-15(5-9-18)13-23-21(25)24-16-6-7-17(24)12-20(11-16)27-19-3-2-10-22-14-19/h2-5,8-10,14,16-17,20H,6-7,11-13H2,1H3,(H,23,25). The summed E-state index contributed by atoms with van der Waals surface area (Å²) in [5.41, 5.74) is 1.06. The van der Waals surface area contributed by atoms with Crippen LogP contribution in [-0.4, -0.2) is 41.2 Å². The molecular formula is C21H25N3O3. The summed E-state index contributed by atoms with van der Waals surface area (Å²) in [5.74, 6) is 1.62. The predicted molar refractivity (Wildman–Crippen MR) is 102 cm³/mol. The van der Waals surface area contributed by atoms with Gasteiger partial charge in [0.2, 0.25) is 0 Å². The molecule has 3 heterocycles. The number of carbonyl (C=O) groups excluding carboxylic acids is 1. The van der Waals surface area contributed by atoms with Crippen LogP contribution in [0.2, 0.25) is 0 Å². The van der Waals surface area contributed by atoms with E-state index in [2.05, 4.69) is 10.3 Å². The third kappa shape index (κ3) is 3.99. The Morgan fingerprint density at radius 1 is 1.15 bits per heavy atom. The van der Waals surface area contributed by atoms with Crippen molar-refractivity contribution in [3.8, 4) is 11.5 Å². The summed E-state index contributed by atoms with van der Waals surface area (Å²) in [6.07, 6.45) is 7.49. The van der Waals surface area contributed by atoms with Crippen molar-refractivity contribution in [2.75, 3.05) is 7.11 Å². The van der Waals surface area contributed by atoms with Crippen LogP contribution in [0.1, 0.15) is 31.2 Å². The molecule has 1 aromatic heterocycles. The number of carbonyl (C=O) groups is 1. The number of rotatable bonds is 5. The van der Waals surface area contributed by atoms with E-state index in [1.165, 1.54) is 0 Å². The minimum atomic E-state index is 0.0261. The molecule has 27 heavy (non-hydrogen) atoms. The third-order valence-corrected chi connectivity index (χ3v) is 5.46. The molecule has 2 unspecified atom stereocenters. The van der Waals surface area contributed by atoms with Crippen LogP contribution >= 0.6 is 0 Å². The second-order valence-corrected chi connectivity index (χ2v) is 7.20. The molecule has 0 saturated carbocycles. The molecule has 1 N–H and O–H groups in total. The highest BCUT2D eigenvalue weighted by atomic mass is 16.5. The van der Waals surface area contributed by atoms with E-state index in [4.69, 9.17) is 9.47 Å². The van der Waals surface area contributed by atoms with Crippen LogP contribution in [0.4, 0.5) is 4.79 Å². The number of hydrogen-bond acceptors (Lipinski definition) is 4. The highest BCUT2D eigenvalue weighted by Crippen LogP contribution is 2.37. The fraction of sp³-hybridized carbons (Fsp3) is 0.429. The highest BCUT2D eigenvalue weighted by Gasteiger charge is 2.44. The molecule has 142 valence electrons. The molecule has 6 nitrogen and oxygen atoms in total. The van der Waals surface area contributed by atoms with Gasteiger partial charge in [0.15, 0.2) is 0 Å². The van der Waals surface area contributed by atoms with Gasteiger partial charge in [-0.05, 0) is 42.7 Å². The Morgan fingerprint density at radius 2 is 1.89 bits per heavy atom. The second kappa shape index (κ2) is 7.86. The fourth-order valence-corrected chi connectivity index (χ4v) is 4.18. The number of urea groups is 1. The molecule has 4 rings (SSSR count). The number of methoxy groups -OCH3 is 1. The van der Waals surface area contributed by atoms with Crippen LogP contribution in [0.5, 0.6) is 11.5 Å². The molecule has 0 radical (unpaired) electrons. The third-order valence-electron chi connectivity index (χ3n) is 5.46. The zero-order valence-corrected chi connectivity index (χ0v) is 15.5. The van der Waals surface area contributed by atoms with Gasteiger partial charge in [-0.3, -0.25) is 4.98 Å². The van der Waals surface area contributed by atoms with E-state index in [9.17, 15) is 4.79 Å². The Labute approximate surface area is 159 Å².